The van der Waals surface area contributed by atoms with E-state index in [1.807, 2.05) is 6.92 Å². The lowest BCUT2D eigenvalue weighted by atomic mass is 10.1. The Bertz CT molecular complexity index is 318. The number of esters is 1. The normalized spacial score (nSPS) is 12.1. The van der Waals surface area contributed by atoms with E-state index in [0.29, 0.717) is 13.0 Å². The topological polar surface area (TPSA) is 60.4 Å². The summed E-state index contributed by atoms with van der Waals surface area (Å²) in [5.41, 5.74) is -0.950. The van der Waals surface area contributed by atoms with Gasteiger partial charge < -0.3 is 4.74 Å². The molecule has 0 bridgehead atoms. The molecule has 0 aromatic heterocycles. The zero-order chi connectivity index (χ0) is 15.9. The molecule has 0 aliphatic rings. The van der Waals surface area contributed by atoms with Gasteiger partial charge in [0.05, 0.1) is 6.61 Å². The van der Waals surface area contributed by atoms with Gasteiger partial charge in [-0.2, -0.15) is 0 Å². The van der Waals surface area contributed by atoms with Gasteiger partial charge in [0, 0.05) is 0 Å². The van der Waals surface area contributed by atoms with E-state index in [0.717, 1.165) is 32.1 Å². The molecular formula is C16H31O4P. The fourth-order valence-electron chi connectivity index (χ4n) is 2.21. The molecule has 0 aliphatic heterocycles. The van der Waals surface area contributed by atoms with Gasteiger partial charge in [-0.05, 0) is 12.8 Å². The highest BCUT2D eigenvalue weighted by Crippen LogP contribution is 2.22. The molecular weight excluding hydrogens is 287 g/mol. The van der Waals surface area contributed by atoms with Crippen LogP contribution in [0.5, 0.6) is 0 Å². The van der Waals surface area contributed by atoms with E-state index >= 15 is 0 Å². The molecule has 0 aliphatic carbocycles. The molecule has 0 N–H and O–H groups in total. The lowest BCUT2D eigenvalue weighted by Gasteiger charge is -2.09. The minimum Gasteiger partial charge on any atom is -0.465 e. The van der Waals surface area contributed by atoms with Gasteiger partial charge in [0.1, 0.15) is 0 Å². The zero-order valence-electron chi connectivity index (χ0n) is 13.6. The van der Waals surface area contributed by atoms with Crippen molar-refractivity contribution in [3.8, 4) is 0 Å². The summed E-state index contributed by atoms with van der Waals surface area (Å²) in [6.45, 7) is 4.53. The number of unbranched alkanes of at least 4 members (excludes halogenated alkanes) is 8. The van der Waals surface area contributed by atoms with Crippen LogP contribution in [0.3, 0.4) is 0 Å². The summed E-state index contributed by atoms with van der Waals surface area (Å²) < 4.78 is 27.2. The summed E-state index contributed by atoms with van der Waals surface area (Å²) >= 11 is 0. The smallest absolute Gasteiger partial charge is 0.330 e. The third kappa shape index (κ3) is 11.7. The summed E-state index contributed by atoms with van der Waals surface area (Å²) in [6, 6.07) is 0. The third-order valence-corrected chi connectivity index (χ3v) is 4.58. The lowest BCUT2D eigenvalue weighted by Crippen LogP contribution is -2.19. The summed E-state index contributed by atoms with van der Waals surface area (Å²) in [6.07, 6.45) is 11.4. The predicted octanol–water partition coefficient (Wildman–Crippen LogP) is 5.40. The summed E-state index contributed by atoms with van der Waals surface area (Å²) in [7, 11) is -2.73. The quantitative estimate of drug-likeness (QED) is 0.244. The molecule has 0 fully saturated rings. The molecule has 0 saturated heterocycles. The first-order valence-electron chi connectivity index (χ1n) is 8.43. The molecule has 0 heterocycles. The van der Waals surface area contributed by atoms with Crippen LogP contribution < -0.4 is 0 Å². The molecule has 0 rings (SSSR count). The Morgan fingerprint density at radius 3 is 1.90 bits per heavy atom. The van der Waals surface area contributed by atoms with E-state index < -0.39 is 19.3 Å². The first-order chi connectivity index (χ1) is 10.1. The SMILES string of the molecule is CCCCCCCCCCOC(=O)C(CCCC)P(=O)=O. The fraction of sp³-hybridized carbons (Fsp3) is 0.938. The van der Waals surface area contributed by atoms with E-state index in [1.54, 1.807) is 0 Å². The third-order valence-electron chi connectivity index (χ3n) is 3.60. The van der Waals surface area contributed by atoms with Crippen molar-refractivity contribution in [1.29, 1.82) is 0 Å². The Morgan fingerprint density at radius 2 is 1.38 bits per heavy atom. The van der Waals surface area contributed by atoms with Crippen LogP contribution in [0.2, 0.25) is 0 Å². The van der Waals surface area contributed by atoms with Crippen molar-refractivity contribution in [3.05, 3.63) is 0 Å². The summed E-state index contributed by atoms with van der Waals surface area (Å²) in [5, 5.41) is 0. The molecule has 0 radical (unpaired) electrons. The predicted molar refractivity (Wildman–Crippen MR) is 85.2 cm³/mol. The summed E-state index contributed by atoms with van der Waals surface area (Å²) in [4.78, 5) is 11.7. The van der Waals surface area contributed by atoms with Crippen LogP contribution in [-0.4, -0.2) is 18.2 Å². The maximum absolute atomic E-state index is 11.7. The highest BCUT2D eigenvalue weighted by atomic mass is 31.1. The largest absolute Gasteiger partial charge is 0.465 e. The minimum absolute atomic E-state index is 0.347. The molecule has 1 atom stereocenters. The number of hydrogen-bond donors (Lipinski definition) is 0. The van der Waals surface area contributed by atoms with Crippen molar-refractivity contribution in [2.75, 3.05) is 6.61 Å². The van der Waals surface area contributed by atoms with Gasteiger partial charge in [-0.3, -0.25) is 4.79 Å². The van der Waals surface area contributed by atoms with E-state index in [2.05, 4.69) is 6.92 Å². The van der Waals surface area contributed by atoms with Crippen LogP contribution in [0.15, 0.2) is 0 Å². The second-order valence-electron chi connectivity index (χ2n) is 5.59. The van der Waals surface area contributed by atoms with E-state index in [1.165, 1.54) is 32.1 Å². The molecule has 0 amide bonds. The van der Waals surface area contributed by atoms with Crippen molar-refractivity contribution in [3.63, 3.8) is 0 Å². The van der Waals surface area contributed by atoms with Crippen molar-refractivity contribution in [1.82, 2.24) is 0 Å². The number of ether oxygens (including phenoxy) is 1. The highest BCUT2D eigenvalue weighted by Gasteiger charge is 2.24. The molecule has 124 valence electrons. The molecule has 1 unspecified atom stereocenters. The van der Waals surface area contributed by atoms with Gasteiger partial charge in [0.2, 0.25) is 0 Å². The molecule has 0 spiro atoms. The zero-order valence-corrected chi connectivity index (χ0v) is 14.5. The van der Waals surface area contributed by atoms with Gasteiger partial charge in [0.25, 0.3) is 0 Å². The van der Waals surface area contributed by atoms with Crippen LogP contribution in [0, 0.1) is 0 Å². The van der Waals surface area contributed by atoms with Crippen LogP contribution >= 0.6 is 7.68 Å². The second-order valence-corrected chi connectivity index (χ2v) is 6.78. The van der Waals surface area contributed by atoms with E-state index in [4.69, 9.17) is 4.74 Å². The first-order valence-corrected chi connectivity index (χ1v) is 9.68. The Balaban J connectivity index is 3.63. The summed E-state index contributed by atoms with van der Waals surface area (Å²) in [5.74, 6) is -0.567. The van der Waals surface area contributed by atoms with Crippen molar-refractivity contribution in [2.24, 2.45) is 0 Å². The first kappa shape index (κ1) is 20.4. The Labute approximate surface area is 129 Å². The molecule has 0 saturated carbocycles. The molecule has 5 heteroatoms. The maximum atomic E-state index is 11.7. The van der Waals surface area contributed by atoms with Crippen LogP contribution in [0.25, 0.3) is 0 Å². The van der Waals surface area contributed by atoms with Gasteiger partial charge in [0.15, 0.2) is 5.66 Å². The lowest BCUT2D eigenvalue weighted by molar-refractivity contribution is -0.143. The maximum Gasteiger partial charge on any atom is 0.330 e. The average molecular weight is 318 g/mol. The van der Waals surface area contributed by atoms with Crippen molar-refractivity contribution < 1.29 is 18.7 Å². The molecule has 21 heavy (non-hydrogen) atoms. The highest BCUT2D eigenvalue weighted by molar-refractivity contribution is 7.33. The molecule has 0 aromatic carbocycles. The van der Waals surface area contributed by atoms with Crippen LogP contribution in [0.1, 0.15) is 84.5 Å². The number of carbonyl (C=O) groups is 1. The fourth-order valence-corrected chi connectivity index (χ4v) is 2.85. The minimum atomic E-state index is -2.73. The van der Waals surface area contributed by atoms with Crippen molar-refractivity contribution >= 4 is 13.6 Å². The Hall–Kier alpha value is -0.630. The standard InChI is InChI=1S/C16H31O4P/c1-3-5-7-8-9-10-11-12-14-20-16(17)15(21(18)19)13-6-4-2/h15H,3-14H2,1-2H3. The van der Waals surface area contributed by atoms with E-state index in [-0.39, 0.29) is 0 Å². The van der Waals surface area contributed by atoms with E-state index in [9.17, 15) is 13.9 Å². The molecule has 0 aromatic rings. The van der Waals surface area contributed by atoms with Crippen LogP contribution in [0.4, 0.5) is 0 Å². The number of rotatable bonds is 14. The monoisotopic (exact) mass is 318 g/mol. The van der Waals surface area contributed by atoms with Gasteiger partial charge >= 0.3 is 13.6 Å². The van der Waals surface area contributed by atoms with Gasteiger partial charge in [-0.25, -0.2) is 9.13 Å². The van der Waals surface area contributed by atoms with Gasteiger partial charge in [-0.1, -0.05) is 71.6 Å². The second kappa shape index (κ2) is 14.3. The van der Waals surface area contributed by atoms with Gasteiger partial charge in [-0.15, -0.1) is 0 Å². The Kier molecular flexibility index (Phi) is 13.9. The number of carbonyl (C=O) groups excluding carboxylic acids is 1. The number of hydrogen-bond acceptors (Lipinski definition) is 4. The van der Waals surface area contributed by atoms with Crippen LogP contribution in [-0.2, 0) is 18.7 Å². The Morgan fingerprint density at radius 1 is 0.857 bits per heavy atom. The average Bonchev–Trinajstić information content (AvgIpc) is 2.45. The molecule has 4 nitrogen and oxygen atoms in total. The van der Waals surface area contributed by atoms with Crippen molar-refractivity contribution in [2.45, 2.75) is 90.1 Å².